The maximum Gasteiger partial charge on any atom is 0.338 e. The highest BCUT2D eigenvalue weighted by molar-refractivity contribution is 6.30. The van der Waals surface area contributed by atoms with Crippen LogP contribution < -0.4 is 10.6 Å². The minimum Gasteiger partial charge on any atom is -0.460 e. The van der Waals surface area contributed by atoms with Gasteiger partial charge in [0.1, 0.15) is 6.61 Å². The van der Waals surface area contributed by atoms with Gasteiger partial charge in [-0.15, -0.1) is 0 Å². The van der Waals surface area contributed by atoms with E-state index in [-0.39, 0.29) is 6.61 Å². The quantitative estimate of drug-likeness (QED) is 0.572. The van der Waals surface area contributed by atoms with Crippen LogP contribution in [0.4, 0.5) is 16.2 Å². The van der Waals surface area contributed by atoms with Crippen LogP contribution in [0.2, 0.25) is 5.02 Å². The second-order valence-electron chi connectivity index (χ2n) is 5.00. The average molecular weight is 363 g/mol. The molecule has 0 saturated heterocycles. The summed E-state index contributed by atoms with van der Waals surface area (Å²) in [6.45, 7) is 2.97. The summed E-state index contributed by atoms with van der Waals surface area (Å²) in [5.41, 5.74) is 1.43. The van der Waals surface area contributed by atoms with Crippen molar-refractivity contribution in [2.24, 2.45) is 0 Å². The zero-order valence-electron chi connectivity index (χ0n) is 13.8. The monoisotopic (exact) mass is 362 g/mol. The number of nitrogens with one attached hydrogen (secondary N) is 2. The minimum absolute atomic E-state index is 0.182. The van der Waals surface area contributed by atoms with E-state index >= 15 is 0 Å². The van der Waals surface area contributed by atoms with E-state index in [1.807, 2.05) is 6.92 Å². The summed E-state index contributed by atoms with van der Waals surface area (Å²) in [6, 6.07) is 12.8. The molecule has 0 bridgehead atoms. The number of hydrogen-bond acceptors (Lipinski definition) is 4. The van der Waals surface area contributed by atoms with Gasteiger partial charge in [0.15, 0.2) is 0 Å². The molecule has 0 aliphatic carbocycles. The third-order valence-electron chi connectivity index (χ3n) is 3.12. The second-order valence-corrected chi connectivity index (χ2v) is 5.44. The van der Waals surface area contributed by atoms with Crippen molar-refractivity contribution in [3.63, 3.8) is 0 Å². The number of halogens is 1. The van der Waals surface area contributed by atoms with Crippen LogP contribution in [0.15, 0.2) is 48.5 Å². The number of benzene rings is 2. The number of hydrogen-bond donors (Lipinski definition) is 2. The maximum atomic E-state index is 12.0. The van der Waals surface area contributed by atoms with Crippen LogP contribution in [0, 0.1) is 0 Å². The van der Waals surface area contributed by atoms with Crippen LogP contribution in [0.1, 0.15) is 17.3 Å². The fourth-order valence-electron chi connectivity index (χ4n) is 1.97. The van der Waals surface area contributed by atoms with E-state index in [2.05, 4.69) is 10.6 Å². The molecule has 2 aromatic carbocycles. The molecule has 2 amide bonds. The Morgan fingerprint density at radius 2 is 1.72 bits per heavy atom. The summed E-state index contributed by atoms with van der Waals surface area (Å²) >= 11 is 5.80. The molecule has 25 heavy (non-hydrogen) atoms. The number of amides is 2. The number of rotatable bonds is 7. The SMILES string of the molecule is CCOCCOC(=O)c1cccc(NC(=O)Nc2ccc(Cl)cc2)c1. The molecule has 2 rings (SSSR count). The van der Waals surface area contributed by atoms with Crippen LogP contribution in [0.5, 0.6) is 0 Å². The minimum atomic E-state index is -0.471. The largest absolute Gasteiger partial charge is 0.460 e. The first kappa shape index (κ1) is 18.8. The van der Waals surface area contributed by atoms with Crippen LogP contribution >= 0.6 is 11.6 Å². The molecule has 7 heteroatoms. The molecule has 0 saturated carbocycles. The summed E-state index contributed by atoms with van der Waals surface area (Å²) in [7, 11) is 0. The van der Waals surface area contributed by atoms with Crippen LogP contribution in [0.25, 0.3) is 0 Å². The molecular formula is C18H19ClN2O4. The van der Waals surface area contributed by atoms with Gasteiger partial charge in [0.05, 0.1) is 12.2 Å². The van der Waals surface area contributed by atoms with Gasteiger partial charge in [0.25, 0.3) is 0 Å². The predicted molar refractivity (Wildman–Crippen MR) is 97.3 cm³/mol. The molecule has 0 aliphatic heterocycles. The molecule has 0 spiro atoms. The highest BCUT2D eigenvalue weighted by Crippen LogP contribution is 2.15. The summed E-state index contributed by atoms with van der Waals surface area (Å²) < 4.78 is 10.2. The van der Waals surface area contributed by atoms with Gasteiger partial charge >= 0.3 is 12.0 Å². The zero-order valence-corrected chi connectivity index (χ0v) is 14.5. The molecule has 2 N–H and O–H groups in total. The van der Waals surface area contributed by atoms with Gasteiger partial charge < -0.3 is 20.1 Å². The van der Waals surface area contributed by atoms with Crippen molar-refractivity contribution >= 4 is 35.0 Å². The lowest BCUT2D eigenvalue weighted by molar-refractivity contribution is 0.0335. The first-order valence-electron chi connectivity index (χ1n) is 7.77. The van der Waals surface area contributed by atoms with Gasteiger partial charge in [-0.3, -0.25) is 0 Å². The van der Waals surface area contributed by atoms with Crippen molar-refractivity contribution in [2.75, 3.05) is 30.5 Å². The highest BCUT2D eigenvalue weighted by atomic mass is 35.5. The lowest BCUT2D eigenvalue weighted by Gasteiger charge is -2.09. The second kappa shape index (κ2) is 9.66. The van der Waals surface area contributed by atoms with Gasteiger partial charge in [-0.25, -0.2) is 9.59 Å². The van der Waals surface area contributed by atoms with Crippen molar-refractivity contribution < 1.29 is 19.1 Å². The summed E-state index contributed by atoms with van der Waals surface area (Å²) in [5.74, 6) is -0.471. The Bertz CT molecular complexity index is 719. The Balaban J connectivity index is 1.90. The van der Waals surface area contributed by atoms with Crippen molar-refractivity contribution in [1.82, 2.24) is 0 Å². The van der Waals surface area contributed by atoms with Crippen molar-refractivity contribution in [3.8, 4) is 0 Å². The third kappa shape index (κ3) is 6.45. The fourth-order valence-corrected chi connectivity index (χ4v) is 2.10. The number of carbonyl (C=O) groups excluding carboxylic acids is 2. The van der Waals surface area contributed by atoms with E-state index in [1.54, 1.807) is 48.5 Å². The molecule has 0 aliphatic rings. The van der Waals surface area contributed by atoms with E-state index in [1.165, 1.54) is 0 Å². The Morgan fingerprint density at radius 3 is 2.44 bits per heavy atom. The van der Waals surface area contributed by atoms with E-state index < -0.39 is 12.0 Å². The smallest absolute Gasteiger partial charge is 0.338 e. The van der Waals surface area contributed by atoms with Gasteiger partial charge in [-0.05, 0) is 49.4 Å². The average Bonchev–Trinajstić information content (AvgIpc) is 2.61. The Labute approximate surface area is 151 Å². The third-order valence-corrected chi connectivity index (χ3v) is 3.38. The first-order valence-corrected chi connectivity index (χ1v) is 8.15. The van der Waals surface area contributed by atoms with Crippen molar-refractivity contribution in [3.05, 3.63) is 59.1 Å². The molecule has 0 aromatic heterocycles. The first-order chi connectivity index (χ1) is 12.1. The topological polar surface area (TPSA) is 76.7 Å². The lowest BCUT2D eigenvalue weighted by atomic mass is 10.2. The normalized spacial score (nSPS) is 10.2. The number of urea groups is 1. The number of ether oxygens (including phenoxy) is 2. The summed E-state index contributed by atoms with van der Waals surface area (Å²) in [5, 5.41) is 5.92. The number of esters is 1. The Hall–Kier alpha value is -2.57. The lowest BCUT2D eigenvalue weighted by Crippen LogP contribution is -2.19. The maximum absolute atomic E-state index is 12.0. The van der Waals surface area contributed by atoms with Gasteiger partial charge in [0.2, 0.25) is 0 Å². The van der Waals surface area contributed by atoms with Crippen molar-refractivity contribution in [2.45, 2.75) is 6.92 Å². The molecule has 132 valence electrons. The van der Waals surface area contributed by atoms with Crippen LogP contribution in [0.3, 0.4) is 0 Å². The fraction of sp³-hybridized carbons (Fsp3) is 0.222. The highest BCUT2D eigenvalue weighted by Gasteiger charge is 2.09. The summed E-state index contributed by atoms with van der Waals surface area (Å²) in [6.07, 6.45) is 0. The van der Waals surface area contributed by atoms with E-state index in [9.17, 15) is 9.59 Å². The molecule has 0 atom stereocenters. The summed E-state index contributed by atoms with van der Waals surface area (Å²) in [4.78, 5) is 24.0. The number of anilines is 2. The number of carbonyl (C=O) groups is 2. The van der Waals surface area contributed by atoms with E-state index in [0.29, 0.717) is 35.2 Å². The molecule has 0 radical (unpaired) electrons. The van der Waals surface area contributed by atoms with Gasteiger partial charge in [-0.2, -0.15) is 0 Å². The van der Waals surface area contributed by atoms with E-state index in [4.69, 9.17) is 21.1 Å². The van der Waals surface area contributed by atoms with Gasteiger partial charge in [0, 0.05) is 23.0 Å². The van der Waals surface area contributed by atoms with Crippen LogP contribution in [-0.2, 0) is 9.47 Å². The molecule has 0 fully saturated rings. The van der Waals surface area contributed by atoms with Crippen molar-refractivity contribution in [1.29, 1.82) is 0 Å². The molecule has 0 unspecified atom stereocenters. The molecule has 6 nitrogen and oxygen atoms in total. The molecule has 0 heterocycles. The standard InChI is InChI=1S/C18H19ClN2O4/c1-2-24-10-11-25-17(22)13-4-3-5-16(12-13)21-18(23)20-15-8-6-14(19)7-9-15/h3-9,12H,2,10-11H2,1H3,(H2,20,21,23). The molecular weight excluding hydrogens is 344 g/mol. The molecule has 2 aromatic rings. The van der Waals surface area contributed by atoms with Crippen LogP contribution in [-0.4, -0.2) is 31.8 Å². The Morgan fingerprint density at radius 1 is 1.00 bits per heavy atom. The van der Waals surface area contributed by atoms with E-state index in [0.717, 1.165) is 0 Å². The Kier molecular flexibility index (Phi) is 7.25. The van der Waals surface area contributed by atoms with Gasteiger partial charge in [-0.1, -0.05) is 17.7 Å². The zero-order chi connectivity index (χ0) is 18.1. The predicted octanol–water partition coefficient (Wildman–Crippen LogP) is 4.18.